The third-order valence-corrected chi connectivity index (χ3v) is 4.64. The largest absolute Gasteiger partial charge is 0.481 e. The Morgan fingerprint density at radius 3 is 2.79 bits per heavy atom. The molecule has 1 aliphatic rings. The quantitative estimate of drug-likeness (QED) is 0.670. The van der Waals surface area contributed by atoms with E-state index in [0.29, 0.717) is 18.2 Å². The van der Waals surface area contributed by atoms with Crippen molar-refractivity contribution in [3.8, 4) is 0 Å². The van der Waals surface area contributed by atoms with Crippen LogP contribution in [0.5, 0.6) is 0 Å². The van der Waals surface area contributed by atoms with Crippen LogP contribution in [0.15, 0.2) is 0 Å². The molecule has 0 bridgehead atoms. The summed E-state index contributed by atoms with van der Waals surface area (Å²) in [5.41, 5.74) is 0. The number of carbonyl (C=O) groups excluding carboxylic acids is 1. The van der Waals surface area contributed by atoms with Crippen LogP contribution in [-0.4, -0.2) is 40.7 Å². The lowest BCUT2D eigenvalue weighted by molar-refractivity contribution is -0.141. The molecule has 2 amide bonds. The van der Waals surface area contributed by atoms with Crippen molar-refractivity contribution in [3.05, 3.63) is 0 Å². The Labute approximate surface area is 118 Å². The third-order valence-electron chi connectivity index (χ3n) is 3.41. The van der Waals surface area contributed by atoms with Gasteiger partial charge in [0.1, 0.15) is 0 Å². The van der Waals surface area contributed by atoms with Crippen LogP contribution in [0.4, 0.5) is 4.79 Å². The van der Waals surface area contributed by atoms with Gasteiger partial charge in [0.25, 0.3) is 0 Å². The predicted molar refractivity (Wildman–Crippen MR) is 77.5 cm³/mol. The van der Waals surface area contributed by atoms with Crippen molar-refractivity contribution in [2.24, 2.45) is 5.92 Å². The number of aliphatic carboxylic acids is 1. The van der Waals surface area contributed by atoms with Gasteiger partial charge in [-0.3, -0.25) is 4.79 Å². The second-order valence-electron chi connectivity index (χ2n) is 5.02. The fraction of sp³-hybridized carbons (Fsp3) is 0.846. The Balaban J connectivity index is 2.13. The van der Waals surface area contributed by atoms with Crippen LogP contribution in [0.3, 0.4) is 0 Å². The topological polar surface area (TPSA) is 78.4 Å². The molecule has 1 rings (SSSR count). The first-order valence-electron chi connectivity index (χ1n) is 6.91. The van der Waals surface area contributed by atoms with Crippen molar-refractivity contribution in [1.29, 1.82) is 0 Å². The van der Waals surface area contributed by atoms with Gasteiger partial charge in [-0.05, 0) is 31.4 Å². The first-order chi connectivity index (χ1) is 9.02. The summed E-state index contributed by atoms with van der Waals surface area (Å²) in [7, 11) is 0. The fourth-order valence-corrected chi connectivity index (χ4v) is 3.36. The van der Waals surface area contributed by atoms with Gasteiger partial charge < -0.3 is 15.7 Å². The molecule has 0 radical (unpaired) electrons. The van der Waals surface area contributed by atoms with Crippen LogP contribution in [0.1, 0.15) is 39.5 Å². The molecule has 3 N–H and O–H groups in total. The molecule has 5 nitrogen and oxygen atoms in total. The average Bonchev–Trinajstić information content (AvgIpc) is 2.76. The SMILES string of the molecule is CCSC1CCC(NC(=O)NCCC(C)C(=O)O)C1. The minimum Gasteiger partial charge on any atom is -0.481 e. The van der Waals surface area contributed by atoms with Gasteiger partial charge in [0.15, 0.2) is 0 Å². The Morgan fingerprint density at radius 2 is 2.16 bits per heavy atom. The van der Waals surface area contributed by atoms with Gasteiger partial charge in [0.2, 0.25) is 0 Å². The molecule has 110 valence electrons. The lowest BCUT2D eigenvalue weighted by atomic mass is 10.1. The van der Waals surface area contributed by atoms with Crippen LogP contribution < -0.4 is 10.6 Å². The van der Waals surface area contributed by atoms with Gasteiger partial charge in [-0.1, -0.05) is 13.8 Å². The van der Waals surface area contributed by atoms with Gasteiger partial charge in [-0.15, -0.1) is 0 Å². The summed E-state index contributed by atoms with van der Waals surface area (Å²) in [6.45, 7) is 4.20. The molecule has 0 heterocycles. The fourth-order valence-electron chi connectivity index (χ4n) is 2.22. The molecule has 0 saturated heterocycles. The standard InChI is InChI=1S/C13H24N2O3S/c1-3-19-11-5-4-10(8-11)15-13(18)14-7-6-9(2)12(16)17/h9-11H,3-8H2,1-2H3,(H,16,17)(H2,14,15,18). The molecule has 3 atom stereocenters. The number of amides is 2. The maximum absolute atomic E-state index is 11.6. The second kappa shape index (κ2) is 8.30. The van der Waals surface area contributed by atoms with E-state index in [4.69, 9.17) is 5.11 Å². The van der Waals surface area contributed by atoms with Crippen LogP contribution in [-0.2, 0) is 4.79 Å². The van der Waals surface area contributed by atoms with Crippen LogP contribution >= 0.6 is 11.8 Å². The first-order valence-corrected chi connectivity index (χ1v) is 7.96. The maximum atomic E-state index is 11.6. The van der Waals surface area contributed by atoms with E-state index in [-0.39, 0.29) is 12.1 Å². The van der Waals surface area contributed by atoms with E-state index in [9.17, 15) is 9.59 Å². The monoisotopic (exact) mass is 288 g/mol. The van der Waals surface area contributed by atoms with E-state index < -0.39 is 11.9 Å². The van der Waals surface area contributed by atoms with Crippen LogP contribution in [0.25, 0.3) is 0 Å². The van der Waals surface area contributed by atoms with E-state index in [1.165, 1.54) is 6.42 Å². The minimum atomic E-state index is -0.822. The highest BCUT2D eigenvalue weighted by molar-refractivity contribution is 7.99. The number of urea groups is 1. The molecule has 0 aromatic carbocycles. The Hall–Kier alpha value is -0.910. The molecule has 1 aliphatic carbocycles. The van der Waals surface area contributed by atoms with Gasteiger partial charge in [-0.2, -0.15) is 11.8 Å². The van der Waals surface area contributed by atoms with Gasteiger partial charge in [0, 0.05) is 17.8 Å². The minimum absolute atomic E-state index is 0.176. The molecule has 0 aromatic heterocycles. The summed E-state index contributed by atoms with van der Waals surface area (Å²) in [5.74, 6) is -0.119. The number of hydrogen-bond acceptors (Lipinski definition) is 3. The van der Waals surface area contributed by atoms with Crippen LogP contribution in [0, 0.1) is 5.92 Å². The number of hydrogen-bond donors (Lipinski definition) is 3. The number of carboxylic acids is 1. The van der Waals surface area contributed by atoms with Gasteiger partial charge in [0.05, 0.1) is 5.92 Å². The zero-order valence-electron chi connectivity index (χ0n) is 11.6. The van der Waals surface area contributed by atoms with Crippen molar-refractivity contribution < 1.29 is 14.7 Å². The van der Waals surface area contributed by atoms with E-state index in [0.717, 1.165) is 18.6 Å². The molecular formula is C13H24N2O3S. The number of thioether (sulfide) groups is 1. The number of nitrogens with one attached hydrogen (secondary N) is 2. The summed E-state index contributed by atoms with van der Waals surface area (Å²) in [6.07, 6.45) is 3.70. The van der Waals surface area contributed by atoms with E-state index in [2.05, 4.69) is 17.6 Å². The Morgan fingerprint density at radius 1 is 1.42 bits per heavy atom. The highest BCUT2D eigenvalue weighted by atomic mass is 32.2. The molecule has 1 fully saturated rings. The molecule has 0 aromatic rings. The zero-order chi connectivity index (χ0) is 14.3. The van der Waals surface area contributed by atoms with E-state index in [1.54, 1.807) is 6.92 Å². The lowest BCUT2D eigenvalue weighted by Crippen LogP contribution is -2.41. The Bertz CT molecular complexity index is 312. The normalized spacial score (nSPS) is 23.9. The number of rotatable bonds is 7. The van der Waals surface area contributed by atoms with Crippen molar-refractivity contribution in [1.82, 2.24) is 10.6 Å². The van der Waals surface area contributed by atoms with Crippen molar-refractivity contribution >= 4 is 23.8 Å². The summed E-state index contributed by atoms with van der Waals surface area (Å²) in [4.78, 5) is 22.3. The third kappa shape index (κ3) is 6.18. The van der Waals surface area contributed by atoms with Crippen molar-refractivity contribution in [2.75, 3.05) is 12.3 Å². The molecule has 6 heteroatoms. The zero-order valence-corrected chi connectivity index (χ0v) is 12.5. The lowest BCUT2D eigenvalue weighted by Gasteiger charge is -2.14. The first kappa shape index (κ1) is 16.1. The van der Waals surface area contributed by atoms with E-state index in [1.807, 2.05) is 11.8 Å². The molecule has 0 aliphatic heterocycles. The molecular weight excluding hydrogens is 264 g/mol. The molecule has 3 unspecified atom stereocenters. The summed E-state index contributed by atoms with van der Waals surface area (Å²) in [6, 6.07) is 0.0886. The van der Waals surface area contributed by atoms with Gasteiger partial charge in [-0.25, -0.2) is 4.79 Å². The summed E-state index contributed by atoms with van der Waals surface area (Å²) < 4.78 is 0. The molecule has 19 heavy (non-hydrogen) atoms. The number of carbonyl (C=O) groups is 2. The second-order valence-corrected chi connectivity index (χ2v) is 6.59. The molecule has 0 spiro atoms. The number of carboxylic acid groups (broad SMARTS) is 1. The van der Waals surface area contributed by atoms with Gasteiger partial charge >= 0.3 is 12.0 Å². The molecule has 1 saturated carbocycles. The Kier molecular flexibility index (Phi) is 7.05. The summed E-state index contributed by atoms with van der Waals surface area (Å²) >= 11 is 1.96. The van der Waals surface area contributed by atoms with E-state index >= 15 is 0 Å². The smallest absolute Gasteiger partial charge is 0.315 e. The van der Waals surface area contributed by atoms with Crippen LogP contribution in [0.2, 0.25) is 0 Å². The van der Waals surface area contributed by atoms with Crippen molar-refractivity contribution in [2.45, 2.75) is 50.8 Å². The average molecular weight is 288 g/mol. The predicted octanol–water partition coefficient (Wildman–Crippen LogP) is 2.07. The van der Waals surface area contributed by atoms with Crippen molar-refractivity contribution in [3.63, 3.8) is 0 Å². The maximum Gasteiger partial charge on any atom is 0.315 e. The highest BCUT2D eigenvalue weighted by Crippen LogP contribution is 2.29. The highest BCUT2D eigenvalue weighted by Gasteiger charge is 2.25. The summed E-state index contributed by atoms with van der Waals surface area (Å²) in [5, 5.41) is 15.1.